The number of allylic oxidation sites excluding steroid dienone is 1. The molecule has 28 heavy (non-hydrogen) atoms. The van der Waals surface area contributed by atoms with E-state index in [2.05, 4.69) is 38.5 Å². The van der Waals surface area contributed by atoms with Gasteiger partial charge in [0, 0.05) is 51.0 Å². The summed E-state index contributed by atoms with van der Waals surface area (Å²) in [6.45, 7) is 5.75. The number of rotatable bonds is 5. The lowest BCUT2D eigenvalue weighted by atomic mass is 10.1. The molecular weight excluding hydrogens is 371 g/mol. The van der Waals surface area contributed by atoms with Crippen molar-refractivity contribution in [3.05, 3.63) is 48.1 Å². The van der Waals surface area contributed by atoms with E-state index in [0.717, 1.165) is 54.9 Å². The summed E-state index contributed by atoms with van der Waals surface area (Å²) >= 11 is 0. The smallest absolute Gasteiger partial charge is 0.214 e. The molecule has 0 spiro atoms. The molecule has 0 saturated carbocycles. The largest absolute Gasteiger partial charge is 0.353 e. The van der Waals surface area contributed by atoms with Gasteiger partial charge in [-0.15, -0.1) is 0 Å². The van der Waals surface area contributed by atoms with Gasteiger partial charge in [-0.05, 0) is 29.9 Å². The summed E-state index contributed by atoms with van der Waals surface area (Å²) in [5, 5.41) is 10.1. The minimum Gasteiger partial charge on any atom is -0.353 e. The van der Waals surface area contributed by atoms with E-state index in [1.807, 2.05) is 43.3 Å². The Bertz CT molecular complexity index is 957. The molecule has 4 rings (SSSR count). The molecule has 2 aliphatic heterocycles. The Labute approximate surface area is 166 Å². The molecule has 0 bridgehead atoms. The maximum absolute atomic E-state index is 11.7. The zero-order chi connectivity index (χ0) is 19.5. The van der Waals surface area contributed by atoms with E-state index < -0.39 is 0 Å². The number of aryl methyl sites for hydroxylation is 1. The highest BCUT2D eigenvalue weighted by Gasteiger charge is 2.23. The molecule has 1 saturated heterocycles. The van der Waals surface area contributed by atoms with E-state index in [0.29, 0.717) is 8.58 Å². The van der Waals surface area contributed by atoms with Crippen molar-refractivity contribution in [3.63, 3.8) is 0 Å². The first-order valence-corrected chi connectivity index (χ1v) is 10.6. The average Bonchev–Trinajstić information content (AvgIpc) is 3.11. The molecule has 1 amide bonds. The Hall–Kier alpha value is -2.50. The molecule has 8 heteroatoms. The van der Waals surface area contributed by atoms with Crippen molar-refractivity contribution in [2.75, 3.05) is 26.2 Å². The van der Waals surface area contributed by atoms with Crippen LogP contribution in [0.25, 0.3) is 16.2 Å². The fraction of sp³-hybridized carbons (Fsp3) is 0.350. The summed E-state index contributed by atoms with van der Waals surface area (Å²) in [5.74, 6) is 0.813. The van der Waals surface area contributed by atoms with E-state index in [4.69, 9.17) is 0 Å². The minimum absolute atomic E-state index is 0.0556. The first-order valence-electron chi connectivity index (χ1n) is 9.49. The summed E-state index contributed by atoms with van der Waals surface area (Å²) in [6, 6.07) is 6.32. The number of aromatic nitrogens is 2. The fourth-order valence-corrected chi connectivity index (χ4v) is 4.79. The molecule has 146 valence electrons. The molecule has 2 atom stereocenters. The van der Waals surface area contributed by atoms with Gasteiger partial charge in [0.2, 0.25) is 6.41 Å². The van der Waals surface area contributed by atoms with Gasteiger partial charge in [0.05, 0.1) is 17.5 Å². The van der Waals surface area contributed by atoms with Crippen LogP contribution in [0.1, 0.15) is 12.5 Å². The van der Waals surface area contributed by atoms with Gasteiger partial charge in [0.15, 0.2) is 0 Å². The summed E-state index contributed by atoms with van der Waals surface area (Å²) in [5.41, 5.74) is 2.15. The zero-order valence-electron chi connectivity index (χ0n) is 16.2. The highest BCUT2D eigenvalue weighted by molar-refractivity contribution is 7.52. The molecule has 3 heterocycles. The highest BCUT2D eigenvalue weighted by atomic mass is 31.1. The third-order valence-corrected chi connectivity index (χ3v) is 6.65. The van der Waals surface area contributed by atoms with Gasteiger partial charge < -0.3 is 15.1 Å². The number of fused-ring (bicyclic) bond motifs is 1. The second kappa shape index (κ2) is 8.25. The van der Waals surface area contributed by atoms with Crippen LogP contribution in [0.5, 0.6) is 0 Å². The number of hydrogen-bond donors (Lipinski definition) is 1. The lowest BCUT2D eigenvalue weighted by Crippen LogP contribution is -2.44. The van der Waals surface area contributed by atoms with E-state index in [9.17, 15) is 4.79 Å². The van der Waals surface area contributed by atoms with Gasteiger partial charge in [-0.1, -0.05) is 20.7 Å². The summed E-state index contributed by atoms with van der Waals surface area (Å²) in [7, 11) is 2.35. The normalized spacial score (nSPS) is 21.0. The third-order valence-electron chi connectivity index (χ3n) is 5.02. The van der Waals surface area contributed by atoms with Gasteiger partial charge in [-0.2, -0.15) is 5.10 Å². The number of benzene rings is 1. The van der Waals surface area contributed by atoms with Crippen LogP contribution in [-0.4, -0.2) is 64.2 Å². The van der Waals surface area contributed by atoms with Gasteiger partial charge in [-0.3, -0.25) is 9.48 Å². The number of nitrogens with one attached hydrogen (secondary N) is 1. The monoisotopic (exact) mass is 396 g/mol. The summed E-state index contributed by atoms with van der Waals surface area (Å²) in [4.78, 5) is 20.4. The van der Waals surface area contributed by atoms with Crippen molar-refractivity contribution in [1.29, 1.82) is 0 Å². The van der Waals surface area contributed by atoms with E-state index in [1.54, 1.807) is 4.90 Å². The van der Waals surface area contributed by atoms with Crippen LogP contribution in [0.3, 0.4) is 0 Å². The second-order valence-corrected chi connectivity index (χ2v) is 8.34. The first kappa shape index (κ1) is 18.8. The lowest BCUT2D eigenvalue weighted by Gasteiger charge is -2.34. The Morgan fingerprint density at radius 2 is 2.14 bits per heavy atom. The molecule has 2 aromatic rings. The average molecular weight is 396 g/mol. The number of hydrogen-bond acceptors (Lipinski definition) is 5. The van der Waals surface area contributed by atoms with Crippen LogP contribution < -0.4 is 5.32 Å². The predicted octanol–water partition coefficient (Wildman–Crippen LogP) is 2.19. The van der Waals surface area contributed by atoms with Crippen molar-refractivity contribution in [2.45, 2.75) is 12.7 Å². The number of nitrogens with zero attached hydrogens (tertiary/aromatic N) is 5. The van der Waals surface area contributed by atoms with Crippen LogP contribution in [0.4, 0.5) is 0 Å². The van der Waals surface area contributed by atoms with Gasteiger partial charge in [0.1, 0.15) is 5.82 Å². The van der Waals surface area contributed by atoms with E-state index in [-0.39, 0.29) is 5.78 Å². The highest BCUT2D eigenvalue weighted by Crippen LogP contribution is 2.40. The zero-order valence-corrected chi connectivity index (χ0v) is 17.2. The third kappa shape index (κ3) is 3.86. The Balaban J connectivity index is 1.52. The molecule has 0 aliphatic carbocycles. The molecule has 1 aromatic heterocycles. The quantitative estimate of drug-likeness (QED) is 0.622. The Kier molecular flexibility index (Phi) is 5.55. The molecule has 7 nitrogen and oxygen atoms in total. The van der Waals surface area contributed by atoms with E-state index in [1.165, 1.54) is 5.31 Å². The van der Waals surface area contributed by atoms with Crippen molar-refractivity contribution < 1.29 is 4.79 Å². The fourth-order valence-electron chi connectivity index (χ4n) is 3.55. The number of amides is 1. The maximum Gasteiger partial charge on any atom is 0.214 e. The number of carbonyl (C=O) groups is 1. The number of aliphatic imine (C=N–C) groups is 1. The molecule has 1 aromatic carbocycles. The van der Waals surface area contributed by atoms with Crippen LogP contribution in [0.2, 0.25) is 0 Å². The Morgan fingerprint density at radius 1 is 1.32 bits per heavy atom. The second-order valence-electron chi connectivity index (χ2n) is 6.92. The van der Waals surface area contributed by atoms with Crippen LogP contribution in [-0.2, 0) is 11.8 Å². The van der Waals surface area contributed by atoms with E-state index >= 15 is 0 Å². The molecule has 2 unspecified atom stereocenters. The summed E-state index contributed by atoms with van der Waals surface area (Å²) < 4.78 is 1.83. The lowest BCUT2D eigenvalue weighted by molar-refractivity contribution is -0.115. The standard InChI is InChI=1S/C20H25N6OP/c1-3-18(15-4-5-17-16(10-15)12-24(2)23-17)28-20-11-22-19(13-26(20)14-27)25-8-6-21-7-9-25/h3-5,10-14,20-21,28H,6-9H2,1-2H3/b18-3-. The Morgan fingerprint density at radius 3 is 2.89 bits per heavy atom. The predicted molar refractivity (Wildman–Crippen MR) is 115 cm³/mol. The van der Waals surface area contributed by atoms with Crippen molar-refractivity contribution in [3.8, 4) is 0 Å². The van der Waals surface area contributed by atoms with Gasteiger partial charge >= 0.3 is 0 Å². The van der Waals surface area contributed by atoms with Crippen LogP contribution in [0.15, 0.2) is 47.5 Å². The number of piperazine rings is 1. The van der Waals surface area contributed by atoms with Crippen molar-refractivity contribution in [2.24, 2.45) is 12.0 Å². The van der Waals surface area contributed by atoms with Crippen LogP contribution >= 0.6 is 8.58 Å². The molecular formula is C20H25N6OP. The van der Waals surface area contributed by atoms with Crippen LogP contribution in [0, 0.1) is 0 Å². The maximum atomic E-state index is 11.7. The number of carbonyl (C=O) groups excluding carboxylic acids is 1. The molecule has 0 radical (unpaired) electrons. The molecule has 1 N–H and O–H groups in total. The van der Waals surface area contributed by atoms with Gasteiger partial charge in [-0.25, -0.2) is 4.99 Å². The SMILES string of the molecule is C/C=C(\PC1C=NC(N2CCNCC2)=CN1C=O)c1ccc2nn(C)cc2c1. The van der Waals surface area contributed by atoms with Gasteiger partial charge in [0.25, 0.3) is 0 Å². The van der Waals surface area contributed by atoms with Crippen molar-refractivity contribution in [1.82, 2.24) is 24.9 Å². The molecule has 2 aliphatic rings. The topological polar surface area (TPSA) is 65.8 Å². The van der Waals surface area contributed by atoms with Crippen molar-refractivity contribution >= 4 is 37.4 Å². The minimum atomic E-state index is -0.0556. The first-order chi connectivity index (χ1) is 13.7. The summed E-state index contributed by atoms with van der Waals surface area (Å²) in [6.07, 6.45) is 8.85. The molecule has 1 fully saturated rings.